The maximum atomic E-state index is 11.3. The van der Waals surface area contributed by atoms with E-state index in [2.05, 4.69) is 21.5 Å². The maximum Gasteiger partial charge on any atom is 0.339 e. The molecule has 1 aliphatic heterocycles. The van der Waals surface area contributed by atoms with Gasteiger partial charge in [0.05, 0.1) is 24.0 Å². The summed E-state index contributed by atoms with van der Waals surface area (Å²) in [5.74, 6) is -0.375. The number of carbonyl (C=O) groups excluding carboxylic acids is 1. The minimum absolute atomic E-state index is 0.375. The smallest absolute Gasteiger partial charge is 0.339 e. The number of methoxy groups -OCH3 is 1. The number of β-amino-alcohol motifs (C(OH)–C–C–N with tert-alkyl or cyclic N) is 1. The Morgan fingerprint density at radius 3 is 2.79 bits per heavy atom. The molecule has 104 valence electrons. The summed E-state index contributed by atoms with van der Waals surface area (Å²) in [4.78, 5) is 17.7. The second-order valence-corrected chi connectivity index (χ2v) is 5.15. The standard InChI is InChI=1S/C14H20N2O3/c1-3-6-14(18)9-16(10-14)8-12-5-4-11(7-15-12)13(17)19-2/h4-5,7,18H,3,6,8-10H2,1-2H3. The van der Waals surface area contributed by atoms with Gasteiger partial charge in [-0.15, -0.1) is 0 Å². The Hall–Kier alpha value is -1.46. The van der Waals surface area contributed by atoms with Crippen molar-refractivity contribution in [2.24, 2.45) is 0 Å². The SMILES string of the molecule is CCCC1(O)CN(Cc2ccc(C(=O)OC)cn2)C1. The summed E-state index contributed by atoms with van der Waals surface area (Å²) in [6.45, 7) is 4.17. The van der Waals surface area contributed by atoms with E-state index in [1.54, 1.807) is 6.07 Å². The molecular formula is C14H20N2O3. The monoisotopic (exact) mass is 264 g/mol. The summed E-state index contributed by atoms with van der Waals surface area (Å²) >= 11 is 0. The third-order valence-corrected chi connectivity index (χ3v) is 3.38. The summed E-state index contributed by atoms with van der Waals surface area (Å²) in [6.07, 6.45) is 3.37. The van der Waals surface area contributed by atoms with Crippen LogP contribution in [0.5, 0.6) is 0 Å². The van der Waals surface area contributed by atoms with E-state index in [1.165, 1.54) is 13.3 Å². The fraction of sp³-hybridized carbons (Fsp3) is 0.571. The molecule has 0 bridgehead atoms. The van der Waals surface area contributed by atoms with E-state index in [4.69, 9.17) is 0 Å². The zero-order valence-electron chi connectivity index (χ0n) is 11.4. The zero-order chi connectivity index (χ0) is 13.9. The molecule has 1 saturated heterocycles. The molecule has 0 radical (unpaired) electrons. The minimum Gasteiger partial charge on any atom is -0.465 e. The highest BCUT2D eigenvalue weighted by Crippen LogP contribution is 2.26. The molecular weight excluding hydrogens is 244 g/mol. The van der Waals surface area contributed by atoms with E-state index in [1.807, 2.05) is 6.07 Å². The first-order valence-electron chi connectivity index (χ1n) is 6.54. The molecule has 1 aliphatic rings. The van der Waals surface area contributed by atoms with Crippen molar-refractivity contribution in [3.8, 4) is 0 Å². The number of likely N-dealkylation sites (tertiary alicyclic amines) is 1. The number of pyridine rings is 1. The average Bonchev–Trinajstić information content (AvgIpc) is 2.37. The number of carbonyl (C=O) groups is 1. The van der Waals surface area contributed by atoms with E-state index in [0.717, 1.165) is 18.5 Å². The predicted molar refractivity (Wildman–Crippen MR) is 70.7 cm³/mol. The van der Waals surface area contributed by atoms with Crippen LogP contribution in [0.15, 0.2) is 18.3 Å². The number of hydrogen-bond acceptors (Lipinski definition) is 5. The molecule has 0 saturated carbocycles. The molecule has 0 unspecified atom stereocenters. The van der Waals surface area contributed by atoms with Crippen LogP contribution in [0.1, 0.15) is 35.8 Å². The van der Waals surface area contributed by atoms with Gasteiger partial charge < -0.3 is 9.84 Å². The van der Waals surface area contributed by atoms with E-state index in [9.17, 15) is 9.90 Å². The van der Waals surface area contributed by atoms with Crippen molar-refractivity contribution in [1.82, 2.24) is 9.88 Å². The van der Waals surface area contributed by atoms with E-state index < -0.39 is 5.60 Å². The summed E-state index contributed by atoms with van der Waals surface area (Å²) < 4.78 is 4.62. The number of aromatic nitrogens is 1. The highest BCUT2D eigenvalue weighted by molar-refractivity contribution is 5.88. The number of esters is 1. The van der Waals surface area contributed by atoms with Gasteiger partial charge in [-0.05, 0) is 18.6 Å². The number of hydrogen-bond donors (Lipinski definition) is 1. The molecule has 1 fully saturated rings. The Morgan fingerprint density at radius 2 is 2.26 bits per heavy atom. The van der Waals surface area contributed by atoms with Gasteiger partial charge in [0.25, 0.3) is 0 Å². The van der Waals surface area contributed by atoms with Crippen LogP contribution in [0.25, 0.3) is 0 Å². The Morgan fingerprint density at radius 1 is 1.53 bits per heavy atom. The van der Waals surface area contributed by atoms with Gasteiger partial charge in [0.2, 0.25) is 0 Å². The third kappa shape index (κ3) is 3.30. The maximum absolute atomic E-state index is 11.3. The van der Waals surface area contributed by atoms with Crippen molar-refractivity contribution >= 4 is 5.97 Å². The van der Waals surface area contributed by atoms with Gasteiger partial charge >= 0.3 is 5.97 Å². The van der Waals surface area contributed by atoms with Crippen LogP contribution in [-0.4, -0.2) is 46.8 Å². The lowest BCUT2D eigenvalue weighted by Gasteiger charge is -2.46. The summed E-state index contributed by atoms with van der Waals surface area (Å²) in [5, 5.41) is 10.1. The van der Waals surface area contributed by atoms with Gasteiger partial charge in [-0.2, -0.15) is 0 Å². The predicted octanol–water partition coefficient (Wildman–Crippen LogP) is 1.22. The summed E-state index contributed by atoms with van der Waals surface area (Å²) in [6, 6.07) is 3.54. The van der Waals surface area contributed by atoms with Gasteiger partial charge in [0, 0.05) is 25.8 Å². The van der Waals surface area contributed by atoms with E-state index >= 15 is 0 Å². The molecule has 5 nitrogen and oxygen atoms in total. The highest BCUT2D eigenvalue weighted by atomic mass is 16.5. The van der Waals surface area contributed by atoms with Crippen LogP contribution in [0, 0.1) is 0 Å². The topological polar surface area (TPSA) is 62.7 Å². The molecule has 0 aromatic carbocycles. The lowest BCUT2D eigenvalue weighted by molar-refractivity contribution is -0.107. The van der Waals surface area contributed by atoms with Crippen LogP contribution in [0.4, 0.5) is 0 Å². The van der Waals surface area contributed by atoms with E-state index in [0.29, 0.717) is 25.2 Å². The molecule has 0 amide bonds. The van der Waals surface area contributed by atoms with Crippen LogP contribution in [0.3, 0.4) is 0 Å². The zero-order valence-corrected chi connectivity index (χ0v) is 11.4. The molecule has 19 heavy (non-hydrogen) atoms. The number of ether oxygens (including phenoxy) is 1. The molecule has 1 N–H and O–H groups in total. The lowest BCUT2D eigenvalue weighted by Crippen LogP contribution is -2.61. The Bertz CT molecular complexity index is 439. The molecule has 5 heteroatoms. The van der Waals surface area contributed by atoms with E-state index in [-0.39, 0.29) is 5.97 Å². The van der Waals surface area contributed by atoms with Crippen molar-refractivity contribution in [2.45, 2.75) is 31.9 Å². The number of aliphatic hydroxyl groups is 1. The molecule has 2 heterocycles. The van der Waals surface area contributed by atoms with Crippen molar-refractivity contribution in [1.29, 1.82) is 0 Å². The molecule has 0 spiro atoms. The second-order valence-electron chi connectivity index (χ2n) is 5.15. The van der Waals surface area contributed by atoms with Gasteiger partial charge in [-0.25, -0.2) is 4.79 Å². The first-order chi connectivity index (χ1) is 9.06. The molecule has 0 atom stereocenters. The Balaban J connectivity index is 1.86. The molecule has 0 aliphatic carbocycles. The van der Waals surface area contributed by atoms with Gasteiger partial charge in [-0.1, -0.05) is 13.3 Å². The summed E-state index contributed by atoms with van der Waals surface area (Å²) in [7, 11) is 1.35. The normalized spacial score (nSPS) is 17.8. The Kier molecular flexibility index (Phi) is 4.17. The molecule has 2 rings (SSSR count). The first-order valence-corrected chi connectivity index (χ1v) is 6.54. The van der Waals surface area contributed by atoms with Gasteiger partial charge in [-0.3, -0.25) is 9.88 Å². The van der Waals surface area contributed by atoms with Crippen molar-refractivity contribution < 1.29 is 14.6 Å². The quantitative estimate of drug-likeness (QED) is 0.810. The van der Waals surface area contributed by atoms with Crippen LogP contribution in [-0.2, 0) is 11.3 Å². The largest absolute Gasteiger partial charge is 0.465 e. The van der Waals surface area contributed by atoms with Crippen molar-refractivity contribution in [3.63, 3.8) is 0 Å². The van der Waals surface area contributed by atoms with Gasteiger partial charge in [0.1, 0.15) is 0 Å². The lowest BCUT2D eigenvalue weighted by atomic mass is 9.89. The van der Waals surface area contributed by atoms with Crippen LogP contribution in [0.2, 0.25) is 0 Å². The summed E-state index contributed by atoms with van der Waals surface area (Å²) in [5.41, 5.74) is 0.837. The first kappa shape index (κ1) is 14.0. The highest BCUT2D eigenvalue weighted by Gasteiger charge is 2.39. The van der Waals surface area contributed by atoms with Crippen LogP contribution >= 0.6 is 0 Å². The van der Waals surface area contributed by atoms with Gasteiger partial charge in [0.15, 0.2) is 0 Å². The minimum atomic E-state index is -0.513. The van der Waals surface area contributed by atoms with Crippen LogP contribution < -0.4 is 0 Å². The second kappa shape index (κ2) is 5.67. The number of nitrogens with zero attached hydrogens (tertiary/aromatic N) is 2. The fourth-order valence-corrected chi connectivity index (χ4v) is 2.51. The molecule has 1 aromatic rings. The number of rotatable bonds is 5. The molecule has 1 aromatic heterocycles. The fourth-order valence-electron chi connectivity index (χ4n) is 2.51. The Labute approximate surface area is 113 Å². The van der Waals surface area contributed by atoms with Crippen molar-refractivity contribution in [3.05, 3.63) is 29.6 Å². The average molecular weight is 264 g/mol. The van der Waals surface area contributed by atoms with Crippen molar-refractivity contribution in [2.75, 3.05) is 20.2 Å². The third-order valence-electron chi connectivity index (χ3n) is 3.38.